The van der Waals surface area contributed by atoms with Crippen molar-refractivity contribution < 1.29 is 18.6 Å². The van der Waals surface area contributed by atoms with Gasteiger partial charge in [-0.3, -0.25) is 5.32 Å². The zero-order valence-corrected chi connectivity index (χ0v) is 19.9. The van der Waals surface area contributed by atoms with E-state index in [4.69, 9.17) is 4.74 Å². The molecule has 2 aliphatic heterocycles. The van der Waals surface area contributed by atoms with Gasteiger partial charge in [0.1, 0.15) is 24.0 Å². The number of nitrogens with zero attached hydrogens (tertiary/aromatic N) is 4. The highest BCUT2D eigenvalue weighted by molar-refractivity contribution is 5.96. The smallest absolute Gasteiger partial charge is 0.217 e. The Morgan fingerprint density at radius 1 is 1.08 bits per heavy atom. The Bertz CT molecular complexity index is 1550. The van der Waals surface area contributed by atoms with Crippen LogP contribution >= 0.6 is 0 Å². The van der Waals surface area contributed by atoms with Crippen molar-refractivity contribution in [2.24, 2.45) is 0 Å². The summed E-state index contributed by atoms with van der Waals surface area (Å²) in [6.45, 7) is 1.27. The van der Waals surface area contributed by atoms with Crippen LogP contribution in [0, 0.1) is 23.1 Å². The number of benzene rings is 3. The van der Waals surface area contributed by atoms with Gasteiger partial charge in [-0.2, -0.15) is 5.26 Å². The number of imidazole rings is 1. The standard InChI is InChI=1S/C28H23F2N5O2/c1-34-12-25(26(36)13-34)35-24-7-2-16(9-23(24)33-28(35)32-15-31)8-22-20-5-3-18(29)10-17(20)14-37-27-11-19(30)4-6-21(22)27/h2-11,25-26,36H,12-14H2,1H3,(H,32,33)/b22-8+/t25-,26-/m0/s1. The summed E-state index contributed by atoms with van der Waals surface area (Å²) in [4.78, 5) is 6.67. The van der Waals surface area contributed by atoms with Gasteiger partial charge in [-0.05, 0) is 66.2 Å². The lowest BCUT2D eigenvalue weighted by atomic mass is 9.92. The summed E-state index contributed by atoms with van der Waals surface area (Å²) in [5.41, 5.74) is 5.17. The van der Waals surface area contributed by atoms with Gasteiger partial charge < -0.3 is 19.3 Å². The van der Waals surface area contributed by atoms with E-state index in [2.05, 4.69) is 10.3 Å². The highest BCUT2D eigenvalue weighted by Crippen LogP contribution is 2.39. The van der Waals surface area contributed by atoms with Gasteiger partial charge in [0.05, 0.1) is 23.2 Å². The summed E-state index contributed by atoms with van der Waals surface area (Å²) in [5.74, 6) is -0.0400. The average Bonchev–Trinajstić information content (AvgIpc) is 3.34. The first kappa shape index (κ1) is 23.2. The molecule has 0 spiro atoms. The van der Waals surface area contributed by atoms with Gasteiger partial charge in [-0.25, -0.2) is 13.8 Å². The maximum Gasteiger partial charge on any atom is 0.217 e. The Labute approximate surface area is 211 Å². The lowest BCUT2D eigenvalue weighted by molar-refractivity contribution is 0.148. The highest BCUT2D eigenvalue weighted by atomic mass is 19.1. The van der Waals surface area contributed by atoms with Gasteiger partial charge in [0.15, 0.2) is 6.19 Å². The Kier molecular flexibility index (Phi) is 5.63. The van der Waals surface area contributed by atoms with E-state index in [9.17, 15) is 19.1 Å². The van der Waals surface area contributed by atoms with Crippen molar-refractivity contribution in [1.82, 2.24) is 14.5 Å². The molecule has 0 bridgehead atoms. The highest BCUT2D eigenvalue weighted by Gasteiger charge is 2.33. The van der Waals surface area contributed by atoms with Crippen LogP contribution in [0.2, 0.25) is 0 Å². The van der Waals surface area contributed by atoms with Crippen molar-refractivity contribution in [2.45, 2.75) is 18.8 Å². The number of hydrogen-bond acceptors (Lipinski definition) is 6. The molecular weight excluding hydrogens is 476 g/mol. The largest absolute Gasteiger partial charge is 0.488 e. The quantitative estimate of drug-likeness (QED) is 0.318. The van der Waals surface area contributed by atoms with E-state index in [1.807, 2.05) is 47.0 Å². The van der Waals surface area contributed by atoms with Crippen LogP contribution in [0.5, 0.6) is 5.75 Å². The fourth-order valence-corrected chi connectivity index (χ4v) is 5.30. The molecule has 2 N–H and O–H groups in total. The van der Waals surface area contributed by atoms with E-state index in [0.29, 0.717) is 41.4 Å². The molecule has 0 amide bonds. The minimum Gasteiger partial charge on any atom is -0.488 e. The molecule has 186 valence electrons. The SMILES string of the molecule is CN1C[C@H](O)[C@@H](n2c(NC#N)nc3cc(/C=C4\c5ccc(F)cc5COc5cc(F)ccc54)ccc32)C1. The number of aromatic nitrogens is 2. The van der Waals surface area contributed by atoms with Crippen molar-refractivity contribution in [3.05, 3.63) is 88.5 Å². The normalized spacial score (nSPS) is 20.2. The zero-order valence-electron chi connectivity index (χ0n) is 19.9. The third-order valence-corrected chi connectivity index (χ3v) is 6.94. The van der Waals surface area contributed by atoms with Crippen molar-refractivity contribution in [1.29, 1.82) is 5.26 Å². The maximum atomic E-state index is 14.0. The molecule has 37 heavy (non-hydrogen) atoms. The summed E-state index contributed by atoms with van der Waals surface area (Å²) in [6.07, 6.45) is 3.28. The van der Waals surface area contributed by atoms with Gasteiger partial charge in [0.2, 0.25) is 5.95 Å². The molecule has 7 nitrogen and oxygen atoms in total. The number of β-amino-alcohol motifs (C(OH)–C–C–N with tert-alkyl or cyclic N) is 1. The molecule has 0 unspecified atom stereocenters. The van der Waals surface area contributed by atoms with E-state index in [1.54, 1.807) is 12.1 Å². The molecule has 0 aliphatic carbocycles. The molecule has 1 fully saturated rings. The molecule has 3 aromatic carbocycles. The number of fused-ring (bicyclic) bond motifs is 3. The molecule has 6 rings (SSSR count). The molecule has 2 atom stereocenters. The van der Waals surface area contributed by atoms with Gasteiger partial charge in [0.25, 0.3) is 0 Å². The van der Waals surface area contributed by atoms with Crippen LogP contribution in [0.1, 0.15) is 28.3 Å². The minimum atomic E-state index is -0.594. The van der Waals surface area contributed by atoms with E-state index in [0.717, 1.165) is 22.2 Å². The fraction of sp³-hybridized carbons (Fsp3) is 0.214. The van der Waals surface area contributed by atoms with Crippen LogP contribution in [0.25, 0.3) is 22.7 Å². The molecular formula is C28H23F2N5O2. The number of likely N-dealkylation sites (tertiary alicyclic amines) is 1. The molecule has 9 heteroatoms. The van der Waals surface area contributed by atoms with Gasteiger partial charge in [0, 0.05) is 30.3 Å². The van der Waals surface area contributed by atoms with E-state index < -0.39 is 11.9 Å². The predicted octanol–water partition coefficient (Wildman–Crippen LogP) is 4.54. The van der Waals surface area contributed by atoms with Gasteiger partial charge in [-0.15, -0.1) is 0 Å². The third-order valence-electron chi connectivity index (χ3n) is 6.94. The zero-order chi connectivity index (χ0) is 25.7. The predicted molar refractivity (Wildman–Crippen MR) is 136 cm³/mol. The Morgan fingerprint density at radius 3 is 2.62 bits per heavy atom. The number of hydrogen-bond donors (Lipinski definition) is 2. The summed E-state index contributed by atoms with van der Waals surface area (Å²) in [5, 5.41) is 22.6. The number of nitriles is 1. The van der Waals surface area contributed by atoms with Crippen LogP contribution in [-0.2, 0) is 6.61 Å². The second-order valence-corrected chi connectivity index (χ2v) is 9.43. The number of anilines is 1. The van der Waals surface area contributed by atoms with Crippen LogP contribution in [0.3, 0.4) is 0 Å². The van der Waals surface area contributed by atoms with Crippen molar-refractivity contribution >= 4 is 28.6 Å². The number of aliphatic hydroxyl groups is 1. The first-order chi connectivity index (χ1) is 17.9. The second-order valence-electron chi connectivity index (χ2n) is 9.43. The fourth-order valence-electron chi connectivity index (χ4n) is 5.30. The van der Waals surface area contributed by atoms with Crippen LogP contribution in [0.4, 0.5) is 14.7 Å². The van der Waals surface area contributed by atoms with Crippen molar-refractivity contribution in [3.8, 4) is 11.9 Å². The first-order valence-corrected chi connectivity index (χ1v) is 11.9. The Balaban J connectivity index is 1.51. The topological polar surface area (TPSA) is 86.3 Å². The van der Waals surface area contributed by atoms with Gasteiger partial charge >= 0.3 is 0 Å². The number of aliphatic hydroxyl groups excluding tert-OH is 1. The summed E-state index contributed by atoms with van der Waals surface area (Å²) >= 11 is 0. The Hall–Kier alpha value is -4.26. The molecule has 4 aromatic rings. The average molecular weight is 500 g/mol. The second kappa shape index (κ2) is 9.00. The summed E-state index contributed by atoms with van der Waals surface area (Å²) in [7, 11) is 1.94. The summed E-state index contributed by atoms with van der Waals surface area (Å²) in [6, 6.07) is 14.4. The maximum absolute atomic E-state index is 14.0. The molecule has 3 heterocycles. The Morgan fingerprint density at radius 2 is 1.86 bits per heavy atom. The third kappa shape index (κ3) is 4.10. The number of ether oxygens (including phenoxy) is 1. The number of nitrogens with one attached hydrogen (secondary N) is 1. The van der Waals surface area contributed by atoms with Crippen molar-refractivity contribution in [2.75, 3.05) is 25.5 Å². The first-order valence-electron chi connectivity index (χ1n) is 11.9. The minimum absolute atomic E-state index is 0.117. The molecule has 0 saturated carbocycles. The van der Waals surface area contributed by atoms with E-state index >= 15 is 0 Å². The van der Waals surface area contributed by atoms with Crippen LogP contribution < -0.4 is 10.1 Å². The lowest BCUT2D eigenvalue weighted by Gasteiger charge is -2.18. The van der Waals surface area contributed by atoms with Gasteiger partial charge in [-0.1, -0.05) is 12.1 Å². The molecule has 1 aromatic heterocycles. The number of likely N-dealkylation sites (N-methyl/N-ethyl adjacent to an activating group) is 1. The lowest BCUT2D eigenvalue weighted by Crippen LogP contribution is -2.23. The monoisotopic (exact) mass is 499 g/mol. The van der Waals surface area contributed by atoms with Crippen LogP contribution in [-0.4, -0.2) is 45.8 Å². The van der Waals surface area contributed by atoms with Crippen LogP contribution in [0.15, 0.2) is 54.6 Å². The molecule has 1 saturated heterocycles. The van der Waals surface area contributed by atoms with Crippen molar-refractivity contribution in [3.63, 3.8) is 0 Å². The number of halogens is 2. The molecule has 0 radical (unpaired) electrons. The number of rotatable bonds is 3. The van der Waals surface area contributed by atoms with E-state index in [-0.39, 0.29) is 18.5 Å². The molecule has 2 aliphatic rings. The van der Waals surface area contributed by atoms with E-state index in [1.165, 1.54) is 24.3 Å². The summed E-state index contributed by atoms with van der Waals surface area (Å²) < 4.78 is 35.8.